The maximum absolute atomic E-state index is 8.99. The second-order valence-electron chi connectivity index (χ2n) is 5.66. The highest BCUT2D eigenvalue weighted by Gasteiger charge is 2.02. The van der Waals surface area contributed by atoms with Gasteiger partial charge >= 0.3 is 0 Å². The zero-order valence-corrected chi connectivity index (χ0v) is 14.8. The Labute approximate surface area is 151 Å². The van der Waals surface area contributed by atoms with Crippen LogP contribution in [0, 0.1) is 4.77 Å². The first-order valence-electron chi connectivity index (χ1n) is 8.01. The molecule has 0 aliphatic carbocycles. The van der Waals surface area contributed by atoms with Crippen molar-refractivity contribution in [1.82, 2.24) is 9.66 Å². The summed E-state index contributed by atoms with van der Waals surface area (Å²) in [4.78, 5) is 5.16. The van der Waals surface area contributed by atoms with Gasteiger partial charge < -0.3 is 15.0 Å². The number of rotatable bonds is 6. The molecule has 0 saturated heterocycles. The van der Waals surface area contributed by atoms with Crippen molar-refractivity contribution < 1.29 is 5.11 Å². The highest BCUT2D eigenvalue weighted by molar-refractivity contribution is 7.71. The van der Waals surface area contributed by atoms with Gasteiger partial charge in [0.15, 0.2) is 4.77 Å². The molecule has 0 amide bonds. The highest BCUT2D eigenvalue weighted by atomic mass is 32.1. The molecule has 3 aromatic rings. The number of imidazole rings is 1. The van der Waals surface area contributed by atoms with Gasteiger partial charge in [0.1, 0.15) is 0 Å². The largest absolute Gasteiger partial charge is 0.395 e. The number of aliphatic hydroxyl groups excluding tert-OH is 1. The third-order valence-electron chi connectivity index (χ3n) is 3.89. The molecule has 1 heterocycles. The Balaban J connectivity index is 1.76. The molecule has 2 N–H and O–H groups in total. The van der Waals surface area contributed by atoms with Gasteiger partial charge in [-0.3, -0.25) is 0 Å². The van der Waals surface area contributed by atoms with Gasteiger partial charge in [-0.25, -0.2) is 4.68 Å². The lowest BCUT2D eigenvalue weighted by Gasteiger charge is -2.17. The molecule has 2 aromatic carbocycles. The van der Waals surface area contributed by atoms with Gasteiger partial charge in [0, 0.05) is 19.3 Å². The molecule has 5 nitrogen and oxygen atoms in total. The van der Waals surface area contributed by atoms with E-state index in [4.69, 9.17) is 17.3 Å². The molecule has 1 aromatic heterocycles. The fourth-order valence-corrected chi connectivity index (χ4v) is 2.67. The molecule has 0 unspecified atom stereocenters. The first kappa shape index (κ1) is 17.1. The van der Waals surface area contributed by atoms with Crippen molar-refractivity contribution in [2.45, 2.75) is 0 Å². The van der Waals surface area contributed by atoms with E-state index in [1.807, 2.05) is 72.7 Å². The normalized spacial score (nSPS) is 11.1. The van der Waals surface area contributed by atoms with Crippen LogP contribution in [0.2, 0.25) is 0 Å². The molecular weight excluding hydrogens is 332 g/mol. The predicted octanol–water partition coefficient (Wildman–Crippen LogP) is 3.52. The SMILES string of the molecule is CN(CCO)c1ccc(/C=N/n2cc(-c3ccccc3)[nH]c2=S)cc1. The number of hydrogen-bond donors (Lipinski definition) is 2. The molecule has 0 spiro atoms. The van der Waals surface area contributed by atoms with Crippen molar-refractivity contribution >= 4 is 24.1 Å². The molecular formula is C19H20N4OS. The number of aromatic nitrogens is 2. The molecule has 0 aliphatic heterocycles. The van der Waals surface area contributed by atoms with Crippen molar-refractivity contribution in [2.24, 2.45) is 5.10 Å². The van der Waals surface area contributed by atoms with Gasteiger partial charge in [-0.1, -0.05) is 42.5 Å². The van der Waals surface area contributed by atoms with Gasteiger partial charge in [-0.15, -0.1) is 0 Å². The summed E-state index contributed by atoms with van der Waals surface area (Å²) in [5, 5.41) is 13.4. The molecule has 0 radical (unpaired) electrons. The number of hydrogen-bond acceptors (Lipinski definition) is 4. The Morgan fingerprint density at radius 2 is 1.88 bits per heavy atom. The highest BCUT2D eigenvalue weighted by Crippen LogP contribution is 2.17. The van der Waals surface area contributed by atoms with Crippen molar-refractivity contribution in [3.05, 3.63) is 71.1 Å². The summed E-state index contributed by atoms with van der Waals surface area (Å²) >= 11 is 5.34. The minimum absolute atomic E-state index is 0.134. The minimum atomic E-state index is 0.134. The smallest absolute Gasteiger partial charge is 0.198 e. The summed E-state index contributed by atoms with van der Waals surface area (Å²) < 4.78 is 2.21. The molecule has 3 rings (SSSR count). The fraction of sp³-hybridized carbons (Fsp3) is 0.158. The zero-order valence-electron chi connectivity index (χ0n) is 14.0. The summed E-state index contributed by atoms with van der Waals surface area (Å²) in [7, 11) is 1.95. The monoisotopic (exact) mass is 352 g/mol. The molecule has 0 bridgehead atoms. The van der Waals surface area contributed by atoms with Gasteiger partial charge in [0.25, 0.3) is 0 Å². The topological polar surface area (TPSA) is 56.5 Å². The summed E-state index contributed by atoms with van der Waals surface area (Å²) in [5.41, 5.74) is 4.03. The number of aliphatic hydroxyl groups is 1. The Kier molecular flexibility index (Phi) is 5.42. The van der Waals surface area contributed by atoms with E-state index < -0.39 is 0 Å². The number of H-pyrrole nitrogens is 1. The summed E-state index contributed by atoms with van der Waals surface area (Å²) in [5.74, 6) is 0. The molecule has 0 saturated carbocycles. The van der Waals surface area contributed by atoms with Crippen molar-refractivity contribution in [1.29, 1.82) is 0 Å². The Hall–Kier alpha value is -2.70. The van der Waals surface area contributed by atoms with Crippen LogP contribution >= 0.6 is 12.2 Å². The lowest BCUT2D eigenvalue weighted by Crippen LogP contribution is -2.20. The lowest BCUT2D eigenvalue weighted by molar-refractivity contribution is 0.304. The van der Waals surface area contributed by atoms with Crippen LogP contribution in [0.3, 0.4) is 0 Å². The fourth-order valence-electron chi connectivity index (χ4n) is 2.46. The molecule has 6 heteroatoms. The van der Waals surface area contributed by atoms with E-state index in [0.717, 1.165) is 22.5 Å². The predicted molar refractivity (Wildman–Crippen MR) is 105 cm³/mol. The molecule has 0 aliphatic rings. The molecule has 25 heavy (non-hydrogen) atoms. The molecule has 128 valence electrons. The van der Waals surface area contributed by atoms with E-state index in [-0.39, 0.29) is 6.61 Å². The average molecular weight is 352 g/mol. The Bertz CT molecular complexity index is 897. The average Bonchev–Trinajstić information content (AvgIpc) is 3.02. The Morgan fingerprint density at radius 1 is 1.16 bits per heavy atom. The summed E-state index contributed by atoms with van der Waals surface area (Å²) in [6.45, 7) is 0.739. The van der Waals surface area contributed by atoms with Crippen molar-refractivity contribution in [3.8, 4) is 11.3 Å². The standard InChI is InChI=1S/C19H20N4OS/c1-22(11-12-24)17-9-7-15(8-10-17)13-20-23-14-18(21-19(23)25)16-5-3-2-4-6-16/h2-10,13-14,24H,11-12H2,1H3,(H,21,25)/b20-13+. The van der Waals surface area contributed by atoms with E-state index in [0.29, 0.717) is 11.3 Å². The molecule has 0 atom stereocenters. The van der Waals surface area contributed by atoms with Crippen LogP contribution in [0.1, 0.15) is 5.56 Å². The van der Waals surface area contributed by atoms with E-state index in [1.165, 1.54) is 0 Å². The van der Waals surface area contributed by atoms with Crippen molar-refractivity contribution in [3.63, 3.8) is 0 Å². The van der Waals surface area contributed by atoms with E-state index in [1.54, 1.807) is 10.9 Å². The van der Waals surface area contributed by atoms with Crippen LogP contribution in [0.25, 0.3) is 11.3 Å². The maximum Gasteiger partial charge on any atom is 0.198 e. The maximum atomic E-state index is 8.99. The summed E-state index contributed by atoms with van der Waals surface area (Å²) in [6.07, 6.45) is 3.66. The van der Waals surface area contributed by atoms with Crippen LogP contribution in [0.4, 0.5) is 5.69 Å². The first-order chi connectivity index (χ1) is 12.2. The molecule has 0 fully saturated rings. The number of benzene rings is 2. The lowest BCUT2D eigenvalue weighted by atomic mass is 10.2. The number of nitrogens with one attached hydrogen (secondary N) is 1. The number of aromatic amines is 1. The Morgan fingerprint density at radius 3 is 2.56 bits per heavy atom. The van der Waals surface area contributed by atoms with Gasteiger partial charge in [-0.05, 0) is 35.5 Å². The van der Waals surface area contributed by atoms with E-state index in [2.05, 4.69) is 10.1 Å². The van der Waals surface area contributed by atoms with Gasteiger partial charge in [0.05, 0.1) is 24.7 Å². The second-order valence-corrected chi connectivity index (χ2v) is 6.05. The van der Waals surface area contributed by atoms with Crippen LogP contribution in [0.5, 0.6) is 0 Å². The van der Waals surface area contributed by atoms with Gasteiger partial charge in [0.2, 0.25) is 0 Å². The number of anilines is 1. The van der Waals surface area contributed by atoms with Crippen LogP contribution in [-0.4, -0.2) is 41.2 Å². The van der Waals surface area contributed by atoms with E-state index >= 15 is 0 Å². The van der Waals surface area contributed by atoms with E-state index in [9.17, 15) is 0 Å². The third-order valence-corrected chi connectivity index (χ3v) is 4.18. The minimum Gasteiger partial charge on any atom is -0.395 e. The zero-order chi connectivity index (χ0) is 17.6. The van der Waals surface area contributed by atoms with Crippen LogP contribution < -0.4 is 4.90 Å². The van der Waals surface area contributed by atoms with Crippen LogP contribution in [0.15, 0.2) is 65.9 Å². The third kappa shape index (κ3) is 4.23. The quantitative estimate of drug-likeness (QED) is 0.527. The number of likely N-dealkylation sites (N-methyl/N-ethyl adjacent to an activating group) is 1. The summed E-state index contributed by atoms with van der Waals surface area (Å²) in [6, 6.07) is 18.0. The van der Waals surface area contributed by atoms with Gasteiger partial charge in [-0.2, -0.15) is 5.10 Å². The van der Waals surface area contributed by atoms with Crippen LogP contribution in [-0.2, 0) is 0 Å². The first-order valence-corrected chi connectivity index (χ1v) is 8.42. The number of nitrogens with zero attached hydrogens (tertiary/aromatic N) is 3. The van der Waals surface area contributed by atoms with Crippen molar-refractivity contribution in [2.75, 3.05) is 25.1 Å². The second kappa shape index (κ2) is 7.92.